The van der Waals surface area contributed by atoms with Crippen molar-refractivity contribution in [1.82, 2.24) is 9.97 Å². The van der Waals surface area contributed by atoms with Gasteiger partial charge in [-0.1, -0.05) is 0 Å². The molecule has 0 spiro atoms. The number of nitrogens with zero attached hydrogens (tertiary/aromatic N) is 3. The van der Waals surface area contributed by atoms with Gasteiger partial charge in [-0.15, -0.1) is 11.3 Å². The standard InChI is InChI=1S/C11H12IN3OS/c12-9-6-8-10(17-9)11(14-7-13-8)15-4-2-1-3-5-16-15/h6-7H,1-5H2. The highest BCUT2D eigenvalue weighted by atomic mass is 127. The Morgan fingerprint density at radius 3 is 3.18 bits per heavy atom. The molecule has 0 saturated carbocycles. The zero-order valence-corrected chi connectivity index (χ0v) is 12.2. The molecule has 0 N–H and O–H groups in total. The van der Waals surface area contributed by atoms with E-state index in [1.165, 1.54) is 9.30 Å². The van der Waals surface area contributed by atoms with Crippen LogP contribution in [0.2, 0.25) is 0 Å². The molecular formula is C11H12IN3OS. The summed E-state index contributed by atoms with van der Waals surface area (Å²) < 4.78 is 2.35. The molecular weight excluding hydrogens is 349 g/mol. The molecule has 2 aromatic rings. The number of fused-ring (bicyclic) bond motifs is 1. The van der Waals surface area contributed by atoms with Crippen LogP contribution in [0.3, 0.4) is 0 Å². The van der Waals surface area contributed by atoms with Crippen molar-refractivity contribution in [3.8, 4) is 0 Å². The molecule has 3 rings (SSSR count). The van der Waals surface area contributed by atoms with Crippen molar-refractivity contribution in [2.45, 2.75) is 19.3 Å². The number of hydroxylamine groups is 1. The normalized spacial score (nSPS) is 17.4. The van der Waals surface area contributed by atoms with Crippen molar-refractivity contribution in [3.63, 3.8) is 0 Å². The van der Waals surface area contributed by atoms with Crippen LogP contribution in [0.5, 0.6) is 0 Å². The molecule has 6 heteroatoms. The van der Waals surface area contributed by atoms with E-state index in [-0.39, 0.29) is 0 Å². The zero-order valence-electron chi connectivity index (χ0n) is 9.23. The van der Waals surface area contributed by atoms with Gasteiger partial charge < -0.3 is 0 Å². The van der Waals surface area contributed by atoms with Gasteiger partial charge in [0.15, 0.2) is 5.82 Å². The fourth-order valence-corrected chi connectivity index (χ4v) is 3.71. The quantitative estimate of drug-likeness (QED) is 0.732. The van der Waals surface area contributed by atoms with Crippen molar-refractivity contribution < 1.29 is 4.84 Å². The Morgan fingerprint density at radius 2 is 2.24 bits per heavy atom. The third-order valence-corrected chi connectivity index (χ3v) is 4.63. The first kappa shape index (κ1) is 11.6. The number of hydrogen-bond donors (Lipinski definition) is 0. The molecule has 0 bridgehead atoms. The maximum absolute atomic E-state index is 5.75. The Morgan fingerprint density at radius 1 is 1.29 bits per heavy atom. The highest BCUT2D eigenvalue weighted by Gasteiger charge is 2.17. The molecule has 0 aliphatic carbocycles. The van der Waals surface area contributed by atoms with E-state index in [9.17, 15) is 0 Å². The maximum Gasteiger partial charge on any atom is 0.173 e. The first-order chi connectivity index (χ1) is 8.34. The van der Waals surface area contributed by atoms with Crippen molar-refractivity contribution in [2.75, 3.05) is 18.2 Å². The molecule has 0 amide bonds. The minimum absolute atomic E-state index is 0.786. The largest absolute Gasteiger partial charge is 0.272 e. The van der Waals surface area contributed by atoms with Crippen molar-refractivity contribution in [2.24, 2.45) is 0 Å². The second-order valence-electron chi connectivity index (χ2n) is 3.96. The molecule has 2 aromatic heterocycles. The van der Waals surface area contributed by atoms with Gasteiger partial charge in [-0.25, -0.2) is 15.0 Å². The highest BCUT2D eigenvalue weighted by Crippen LogP contribution is 2.32. The van der Waals surface area contributed by atoms with Crippen LogP contribution in [0.1, 0.15) is 19.3 Å². The summed E-state index contributed by atoms with van der Waals surface area (Å²) in [6.07, 6.45) is 5.14. The van der Waals surface area contributed by atoms with Crippen LogP contribution in [-0.4, -0.2) is 23.1 Å². The van der Waals surface area contributed by atoms with Gasteiger partial charge in [0.2, 0.25) is 0 Å². The predicted octanol–water partition coefficient (Wildman–Crippen LogP) is 3.22. The summed E-state index contributed by atoms with van der Waals surface area (Å²) in [6.45, 7) is 1.70. The minimum atomic E-state index is 0.786. The molecule has 0 atom stereocenters. The Hall–Kier alpha value is -0.470. The minimum Gasteiger partial charge on any atom is -0.272 e. The van der Waals surface area contributed by atoms with E-state index in [0.717, 1.165) is 42.0 Å². The van der Waals surface area contributed by atoms with Crippen LogP contribution in [0.25, 0.3) is 10.2 Å². The molecule has 0 radical (unpaired) electrons. The Labute approximate surface area is 117 Å². The van der Waals surface area contributed by atoms with Gasteiger partial charge in [-0.3, -0.25) is 4.84 Å². The Balaban J connectivity index is 2.03. The zero-order chi connectivity index (χ0) is 11.7. The number of aromatic nitrogens is 2. The molecule has 3 heterocycles. The van der Waals surface area contributed by atoms with Crippen LogP contribution in [0.4, 0.5) is 5.82 Å². The lowest BCUT2D eigenvalue weighted by atomic mass is 10.2. The van der Waals surface area contributed by atoms with Crippen LogP contribution < -0.4 is 5.06 Å². The fraction of sp³-hybridized carbons (Fsp3) is 0.455. The van der Waals surface area contributed by atoms with E-state index in [1.54, 1.807) is 17.7 Å². The number of thiophene rings is 1. The van der Waals surface area contributed by atoms with E-state index < -0.39 is 0 Å². The van der Waals surface area contributed by atoms with E-state index in [2.05, 4.69) is 38.6 Å². The van der Waals surface area contributed by atoms with E-state index in [4.69, 9.17) is 4.84 Å². The average molecular weight is 361 g/mol. The SMILES string of the molecule is Ic1cc2ncnc(N3CCCCCO3)c2s1. The Kier molecular flexibility index (Phi) is 3.44. The van der Waals surface area contributed by atoms with Crippen LogP contribution in [-0.2, 0) is 4.84 Å². The van der Waals surface area contributed by atoms with E-state index >= 15 is 0 Å². The van der Waals surface area contributed by atoms with Crippen LogP contribution in [0.15, 0.2) is 12.4 Å². The van der Waals surface area contributed by atoms with Gasteiger partial charge in [-0.05, 0) is 47.9 Å². The van der Waals surface area contributed by atoms with Gasteiger partial charge in [0.1, 0.15) is 6.33 Å². The lowest BCUT2D eigenvalue weighted by Gasteiger charge is -2.20. The second-order valence-corrected chi connectivity index (χ2v) is 6.90. The van der Waals surface area contributed by atoms with Crippen molar-refractivity contribution in [1.29, 1.82) is 0 Å². The van der Waals surface area contributed by atoms with Gasteiger partial charge in [0.25, 0.3) is 0 Å². The molecule has 4 nitrogen and oxygen atoms in total. The molecule has 1 saturated heterocycles. The number of anilines is 1. The summed E-state index contributed by atoms with van der Waals surface area (Å²) >= 11 is 4.04. The summed E-state index contributed by atoms with van der Waals surface area (Å²) in [4.78, 5) is 14.4. The monoisotopic (exact) mass is 361 g/mol. The first-order valence-corrected chi connectivity index (χ1v) is 7.54. The van der Waals surface area contributed by atoms with Gasteiger partial charge in [0, 0.05) is 6.54 Å². The van der Waals surface area contributed by atoms with Gasteiger partial charge in [-0.2, -0.15) is 0 Å². The Bertz CT molecular complexity index is 522. The molecule has 17 heavy (non-hydrogen) atoms. The average Bonchev–Trinajstić information content (AvgIpc) is 2.55. The third-order valence-electron chi connectivity index (χ3n) is 2.75. The number of rotatable bonds is 1. The predicted molar refractivity (Wildman–Crippen MR) is 77.3 cm³/mol. The van der Waals surface area contributed by atoms with E-state index in [0.29, 0.717) is 0 Å². The van der Waals surface area contributed by atoms with Gasteiger partial charge in [0.05, 0.1) is 19.7 Å². The van der Waals surface area contributed by atoms with Crippen LogP contribution in [0, 0.1) is 2.88 Å². The van der Waals surface area contributed by atoms with E-state index in [1.807, 2.05) is 5.06 Å². The lowest BCUT2D eigenvalue weighted by molar-refractivity contribution is 0.118. The van der Waals surface area contributed by atoms with Crippen molar-refractivity contribution >= 4 is 50.0 Å². The molecule has 0 unspecified atom stereocenters. The first-order valence-electron chi connectivity index (χ1n) is 5.65. The number of halogens is 1. The second kappa shape index (κ2) is 5.03. The molecule has 1 aliphatic rings. The highest BCUT2D eigenvalue weighted by molar-refractivity contribution is 14.1. The summed E-state index contributed by atoms with van der Waals surface area (Å²) in [7, 11) is 0. The summed E-state index contributed by atoms with van der Waals surface area (Å²) in [5.41, 5.74) is 1.01. The van der Waals surface area contributed by atoms with Gasteiger partial charge >= 0.3 is 0 Å². The topological polar surface area (TPSA) is 38.2 Å². The summed E-state index contributed by atoms with van der Waals surface area (Å²) in [5.74, 6) is 0.921. The molecule has 0 aromatic carbocycles. The van der Waals surface area contributed by atoms with Crippen LogP contribution >= 0.6 is 33.9 Å². The smallest absolute Gasteiger partial charge is 0.173 e. The van der Waals surface area contributed by atoms with Crippen molar-refractivity contribution in [3.05, 3.63) is 15.3 Å². The summed E-state index contributed by atoms with van der Waals surface area (Å²) in [5, 5.41) is 1.93. The molecule has 1 aliphatic heterocycles. The molecule has 90 valence electrons. The lowest BCUT2D eigenvalue weighted by Crippen LogP contribution is -2.24. The number of hydrogen-bond acceptors (Lipinski definition) is 5. The third kappa shape index (κ3) is 2.38. The molecule has 1 fully saturated rings. The fourth-order valence-electron chi connectivity index (χ4n) is 1.93. The summed E-state index contributed by atoms with van der Waals surface area (Å²) in [6, 6.07) is 2.09. The maximum atomic E-state index is 5.75.